The summed E-state index contributed by atoms with van der Waals surface area (Å²) in [5.41, 5.74) is 0.401. The van der Waals surface area contributed by atoms with Crippen LogP contribution in [0.15, 0.2) is 11.6 Å². The highest BCUT2D eigenvalue weighted by molar-refractivity contribution is 5.17. The minimum atomic E-state index is -0.939. The predicted molar refractivity (Wildman–Crippen MR) is 75.8 cm³/mol. The summed E-state index contributed by atoms with van der Waals surface area (Å²) in [6.07, 6.45) is 5.21. The fourth-order valence-electron chi connectivity index (χ4n) is 4.26. The van der Waals surface area contributed by atoms with Crippen molar-refractivity contribution in [3.63, 3.8) is 0 Å². The van der Waals surface area contributed by atoms with Crippen LogP contribution in [0.1, 0.15) is 46.5 Å². The van der Waals surface area contributed by atoms with E-state index in [0.29, 0.717) is 13.0 Å². The normalized spacial score (nSPS) is 43.0. The molecule has 0 unspecified atom stereocenters. The van der Waals surface area contributed by atoms with E-state index < -0.39 is 11.7 Å². The summed E-state index contributed by atoms with van der Waals surface area (Å²) in [6.45, 7) is 6.94. The monoisotopic (exact) mass is 268 g/mol. The Morgan fingerprint density at radius 1 is 1.47 bits per heavy atom. The van der Waals surface area contributed by atoms with Gasteiger partial charge < -0.3 is 14.9 Å². The number of allylic oxidation sites excluding steroid dienone is 1. The zero-order chi connectivity index (χ0) is 14.3. The van der Waals surface area contributed by atoms with Crippen LogP contribution in [0.25, 0.3) is 0 Å². The van der Waals surface area contributed by atoms with Gasteiger partial charge in [-0.15, -0.1) is 0 Å². The molecule has 2 aliphatic rings. The molecule has 1 saturated carbocycles. The average Bonchev–Trinajstić information content (AvgIpc) is 2.46. The zero-order valence-corrected chi connectivity index (χ0v) is 12.6. The zero-order valence-electron chi connectivity index (χ0n) is 12.6. The van der Waals surface area contributed by atoms with E-state index in [9.17, 15) is 10.2 Å². The van der Waals surface area contributed by atoms with E-state index in [4.69, 9.17) is 4.74 Å². The highest BCUT2D eigenvalue weighted by Crippen LogP contribution is 2.57. The number of ether oxygens (including phenoxy) is 1. The fraction of sp³-hybridized carbons (Fsp3) is 0.875. The molecule has 0 radical (unpaired) electrons. The molecule has 0 aliphatic heterocycles. The third kappa shape index (κ3) is 2.37. The van der Waals surface area contributed by atoms with Crippen LogP contribution < -0.4 is 0 Å². The van der Waals surface area contributed by atoms with Crippen molar-refractivity contribution in [2.24, 2.45) is 17.3 Å². The minimum absolute atomic E-state index is 0.00787. The number of methoxy groups -OCH3 is 1. The maximum atomic E-state index is 11.0. The molecule has 0 aromatic heterocycles. The second-order valence-corrected chi connectivity index (χ2v) is 7.01. The third-order valence-corrected chi connectivity index (χ3v) is 5.46. The van der Waals surface area contributed by atoms with E-state index in [1.165, 1.54) is 5.57 Å². The molecular weight excluding hydrogens is 240 g/mol. The first-order valence-electron chi connectivity index (χ1n) is 7.42. The topological polar surface area (TPSA) is 49.7 Å². The Hall–Kier alpha value is -0.380. The van der Waals surface area contributed by atoms with Crippen LogP contribution in [0.4, 0.5) is 0 Å². The Bertz CT molecular complexity index is 363. The van der Waals surface area contributed by atoms with Gasteiger partial charge in [0.2, 0.25) is 0 Å². The number of aliphatic hydroxyl groups is 2. The molecule has 2 N–H and O–H groups in total. The van der Waals surface area contributed by atoms with Gasteiger partial charge >= 0.3 is 0 Å². The Morgan fingerprint density at radius 2 is 2.16 bits per heavy atom. The van der Waals surface area contributed by atoms with Crippen molar-refractivity contribution in [1.29, 1.82) is 0 Å². The lowest BCUT2D eigenvalue weighted by Gasteiger charge is -2.40. The van der Waals surface area contributed by atoms with Crippen LogP contribution in [0.3, 0.4) is 0 Å². The highest BCUT2D eigenvalue weighted by atomic mass is 16.5. The van der Waals surface area contributed by atoms with Crippen molar-refractivity contribution in [2.45, 2.75) is 58.2 Å². The van der Waals surface area contributed by atoms with Crippen molar-refractivity contribution in [2.75, 3.05) is 13.7 Å². The second-order valence-electron chi connectivity index (χ2n) is 7.01. The van der Waals surface area contributed by atoms with Gasteiger partial charge in [-0.3, -0.25) is 0 Å². The molecule has 4 atom stereocenters. The molecule has 2 aliphatic carbocycles. The Labute approximate surface area is 116 Å². The number of fused-ring (bicyclic) bond motifs is 1. The van der Waals surface area contributed by atoms with Crippen molar-refractivity contribution in [3.05, 3.63) is 11.6 Å². The highest BCUT2D eigenvalue weighted by Gasteiger charge is 2.60. The van der Waals surface area contributed by atoms with E-state index in [2.05, 4.69) is 13.0 Å². The van der Waals surface area contributed by atoms with Crippen molar-refractivity contribution in [3.8, 4) is 0 Å². The summed E-state index contributed by atoms with van der Waals surface area (Å²) in [5.74, 6) is 0.249. The molecule has 19 heavy (non-hydrogen) atoms. The Balaban J connectivity index is 2.27. The molecule has 0 amide bonds. The van der Waals surface area contributed by atoms with E-state index in [-0.39, 0.29) is 17.3 Å². The van der Waals surface area contributed by atoms with Crippen molar-refractivity contribution < 1.29 is 14.9 Å². The maximum Gasteiger partial charge on any atom is 0.0961 e. The summed E-state index contributed by atoms with van der Waals surface area (Å²) >= 11 is 0. The molecule has 0 spiro atoms. The summed E-state index contributed by atoms with van der Waals surface area (Å²) in [6, 6.07) is 0. The van der Waals surface area contributed by atoms with Crippen LogP contribution in [0.5, 0.6) is 0 Å². The van der Waals surface area contributed by atoms with Crippen LogP contribution in [-0.2, 0) is 4.74 Å². The SMILES string of the molecule is COCC1=CC[C@]2(C)C[C@@H](O)[C@](O)(C(C)C)[C@H]2CC1. The van der Waals surface area contributed by atoms with Gasteiger partial charge in [-0.1, -0.05) is 26.8 Å². The largest absolute Gasteiger partial charge is 0.390 e. The van der Waals surface area contributed by atoms with Gasteiger partial charge in [-0.25, -0.2) is 0 Å². The lowest BCUT2D eigenvalue weighted by molar-refractivity contribution is -0.121. The standard InChI is InChI=1S/C16H28O3/c1-11(2)16(18)13-6-5-12(10-19-4)7-8-15(13,3)9-14(16)17/h7,11,13-14,17-18H,5-6,8-10H2,1-4H3/t13-,14+,15+,16-/m0/s1. The van der Waals surface area contributed by atoms with Gasteiger partial charge in [0, 0.05) is 7.11 Å². The summed E-state index contributed by atoms with van der Waals surface area (Å²) in [5, 5.41) is 21.4. The van der Waals surface area contributed by atoms with Crippen LogP contribution in [0.2, 0.25) is 0 Å². The first kappa shape index (κ1) is 15.0. The molecule has 3 heteroatoms. The lowest BCUT2D eigenvalue weighted by Crippen LogP contribution is -2.49. The Kier molecular flexibility index (Phi) is 4.10. The minimum Gasteiger partial charge on any atom is -0.390 e. The molecule has 3 nitrogen and oxygen atoms in total. The average molecular weight is 268 g/mol. The van der Waals surface area contributed by atoms with Crippen molar-refractivity contribution in [1.82, 2.24) is 0 Å². The third-order valence-electron chi connectivity index (χ3n) is 5.46. The number of rotatable bonds is 3. The summed E-state index contributed by atoms with van der Waals surface area (Å²) in [7, 11) is 1.72. The van der Waals surface area contributed by atoms with Gasteiger partial charge in [-0.2, -0.15) is 0 Å². The first-order chi connectivity index (χ1) is 8.84. The van der Waals surface area contributed by atoms with Gasteiger partial charge in [0.1, 0.15) is 0 Å². The molecule has 0 aromatic carbocycles. The van der Waals surface area contributed by atoms with Gasteiger partial charge in [0.05, 0.1) is 18.3 Å². The number of hydrogen-bond donors (Lipinski definition) is 2. The molecule has 2 rings (SSSR count). The molecule has 110 valence electrons. The quantitative estimate of drug-likeness (QED) is 0.773. The van der Waals surface area contributed by atoms with Crippen molar-refractivity contribution >= 4 is 0 Å². The van der Waals surface area contributed by atoms with E-state index in [1.807, 2.05) is 13.8 Å². The first-order valence-corrected chi connectivity index (χ1v) is 7.42. The summed E-state index contributed by atoms with van der Waals surface area (Å²) < 4.78 is 5.23. The van der Waals surface area contributed by atoms with Crippen LogP contribution in [-0.4, -0.2) is 35.6 Å². The molecule has 0 heterocycles. The number of aliphatic hydroxyl groups excluding tert-OH is 1. The fourth-order valence-corrected chi connectivity index (χ4v) is 4.26. The van der Waals surface area contributed by atoms with Crippen LogP contribution >= 0.6 is 0 Å². The lowest BCUT2D eigenvalue weighted by atomic mass is 9.69. The smallest absolute Gasteiger partial charge is 0.0961 e. The van der Waals surface area contributed by atoms with E-state index in [0.717, 1.165) is 19.3 Å². The second kappa shape index (κ2) is 5.19. The van der Waals surface area contributed by atoms with E-state index >= 15 is 0 Å². The Morgan fingerprint density at radius 3 is 2.74 bits per heavy atom. The van der Waals surface area contributed by atoms with Gasteiger partial charge in [0.25, 0.3) is 0 Å². The van der Waals surface area contributed by atoms with Crippen LogP contribution in [0, 0.1) is 17.3 Å². The molecule has 0 aromatic rings. The molecular formula is C16H28O3. The predicted octanol–water partition coefficient (Wildman–Crippen LogP) is 2.52. The van der Waals surface area contributed by atoms with Gasteiger partial charge in [-0.05, 0) is 48.5 Å². The molecule has 1 fully saturated rings. The molecule has 0 bridgehead atoms. The summed E-state index contributed by atoms with van der Waals surface area (Å²) in [4.78, 5) is 0. The maximum absolute atomic E-state index is 11.0. The molecule has 0 saturated heterocycles. The number of hydrogen-bond acceptors (Lipinski definition) is 3. The van der Waals surface area contributed by atoms with Gasteiger partial charge in [0.15, 0.2) is 0 Å². The van der Waals surface area contributed by atoms with E-state index in [1.54, 1.807) is 7.11 Å².